The van der Waals surface area contributed by atoms with Crippen LogP contribution in [-0.2, 0) is 23.8 Å². The Morgan fingerprint density at radius 2 is 1.12 bits per heavy atom. The average Bonchev–Trinajstić information content (AvgIpc) is 2.11. The Bertz CT molecular complexity index is 374. The van der Waals surface area contributed by atoms with Crippen molar-refractivity contribution in [3.63, 3.8) is 0 Å². The van der Waals surface area contributed by atoms with E-state index in [2.05, 4.69) is 4.62 Å². The molecule has 0 aromatic carbocycles. The second kappa shape index (κ2) is 4.29. The van der Waals surface area contributed by atoms with Crippen LogP contribution in [0.4, 0.5) is 0 Å². The SMILES string of the molecule is CC(=O)P(O[N+](=O)[O-])(C(C)=O)(C(C)=O)C(C)=O. The van der Waals surface area contributed by atoms with Gasteiger partial charge < -0.3 is 0 Å². The number of hydrogen-bond donors (Lipinski definition) is 0. The van der Waals surface area contributed by atoms with E-state index in [1.54, 1.807) is 0 Å². The van der Waals surface area contributed by atoms with Gasteiger partial charge >= 0.3 is 95.6 Å². The molecule has 96 valence electrons. The molecule has 0 unspecified atom stereocenters. The van der Waals surface area contributed by atoms with E-state index in [1.807, 2.05) is 0 Å². The van der Waals surface area contributed by atoms with Crippen LogP contribution in [0.1, 0.15) is 27.7 Å². The van der Waals surface area contributed by atoms with Crippen LogP contribution in [0.25, 0.3) is 0 Å². The Labute approximate surface area is 96.4 Å². The van der Waals surface area contributed by atoms with Gasteiger partial charge in [0.15, 0.2) is 0 Å². The first-order chi connectivity index (χ1) is 7.53. The van der Waals surface area contributed by atoms with Gasteiger partial charge in [-0.3, -0.25) is 0 Å². The molecule has 0 aliphatic carbocycles. The Kier molecular flexibility index (Phi) is 3.86. The summed E-state index contributed by atoms with van der Waals surface area (Å²) < 4.78 is 4.13. The maximum atomic E-state index is 11.6. The van der Waals surface area contributed by atoms with Gasteiger partial charge in [0.2, 0.25) is 0 Å². The molecule has 0 aliphatic rings. The summed E-state index contributed by atoms with van der Waals surface area (Å²) in [7, 11) is 0. The van der Waals surface area contributed by atoms with Crippen LogP contribution in [0.5, 0.6) is 0 Å². The van der Waals surface area contributed by atoms with E-state index >= 15 is 0 Å². The van der Waals surface area contributed by atoms with E-state index in [4.69, 9.17) is 0 Å². The summed E-state index contributed by atoms with van der Waals surface area (Å²) in [6.45, 7) is -2.39. The summed E-state index contributed by atoms with van der Waals surface area (Å²) in [6, 6.07) is 0. The third kappa shape index (κ3) is 1.64. The summed E-state index contributed by atoms with van der Waals surface area (Å²) in [6.07, 6.45) is 0. The van der Waals surface area contributed by atoms with E-state index in [0.717, 1.165) is 27.7 Å². The molecule has 0 radical (unpaired) electrons. The molecule has 17 heavy (non-hydrogen) atoms. The van der Waals surface area contributed by atoms with Gasteiger partial charge in [-0.15, -0.1) is 0 Å². The first kappa shape index (κ1) is 15.3. The fourth-order valence-corrected chi connectivity index (χ4v) is 5.08. The molecule has 0 aliphatic heterocycles. The minimum atomic E-state index is -5.46. The first-order valence-corrected chi connectivity index (χ1v) is 6.60. The maximum absolute atomic E-state index is 11.6. The van der Waals surface area contributed by atoms with Crippen LogP contribution in [0, 0.1) is 10.1 Å². The summed E-state index contributed by atoms with van der Waals surface area (Å²) >= 11 is 0. The van der Waals surface area contributed by atoms with Gasteiger partial charge in [-0.05, 0) is 0 Å². The van der Waals surface area contributed by atoms with Crippen LogP contribution in [0.2, 0.25) is 0 Å². The fourth-order valence-electron chi connectivity index (χ4n) is 1.69. The molecule has 0 heterocycles. The molecule has 0 aromatic heterocycles. The van der Waals surface area contributed by atoms with Crippen molar-refractivity contribution in [2.24, 2.45) is 0 Å². The topological polar surface area (TPSA) is 121 Å². The summed E-state index contributed by atoms with van der Waals surface area (Å²) in [4.78, 5) is 56.9. The zero-order valence-electron chi connectivity index (χ0n) is 9.75. The van der Waals surface area contributed by atoms with Crippen LogP contribution < -0.4 is 0 Å². The Balaban J connectivity index is 6.56. The van der Waals surface area contributed by atoms with Crippen LogP contribution in [-0.4, -0.2) is 27.2 Å². The second-order valence-electron chi connectivity index (χ2n) is 3.42. The van der Waals surface area contributed by atoms with Crippen molar-refractivity contribution in [2.75, 3.05) is 0 Å². The molecular formula is C8H12NO7P. The quantitative estimate of drug-likeness (QED) is 0.396. The van der Waals surface area contributed by atoms with E-state index in [9.17, 15) is 29.3 Å². The van der Waals surface area contributed by atoms with E-state index in [0.29, 0.717) is 0 Å². The molecule has 0 saturated heterocycles. The second-order valence-corrected chi connectivity index (χ2v) is 8.17. The van der Waals surface area contributed by atoms with Crippen molar-refractivity contribution < 1.29 is 28.9 Å². The molecule has 0 rings (SSSR count). The number of hydrogen-bond acceptors (Lipinski definition) is 7. The third-order valence-electron chi connectivity index (χ3n) is 2.63. The molecular weight excluding hydrogens is 253 g/mol. The molecule has 8 nitrogen and oxygen atoms in total. The predicted molar refractivity (Wildman–Crippen MR) is 57.7 cm³/mol. The Morgan fingerprint density at radius 1 is 0.882 bits per heavy atom. The van der Waals surface area contributed by atoms with Crippen molar-refractivity contribution in [3.8, 4) is 0 Å². The van der Waals surface area contributed by atoms with Gasteiger partial charge in [0, 0.05) is 0 Å². The summed E-state index contributed by atoms with van der Waals surface area (Å²) in [5.74, 6) is 0. The predicted octanol–water partition coefficient (Wildman–Crippen LogP) is 0.849. The van der Waals surface area contributed by atoms with Gasteiger partial charge in [-0.2, -0.15) is 0 Å². The minimum absolute atomic E-state index is 0.769. The number of rotatable bonds is 6. The summed E-state index contributed by atoms with van der Waals surface area (Å²) in [5.41, 5.74) is -4.83. The van der Waals surface area contributed by atoms with Crippen molar-refractivity contribution in [2.45, 2.75) is 27.7 Å². The average molecular weight is 265 g/mol. The fraction of sp³-hybridized carbons (Fsp3) is 0.500. The molecule has 0 fully saturated rings. The summed E-state index contributed by atoms with van der Waals surface area (Å²) in [5, 5.41) is 9.00. The molecule has 0 amide bonds. The van der Waals surface area contributed by atoms with Crippen molar-refractivity contribution in [1.29, 1.82) is 0 Å². The zero-order valence-corrected chi connectivity index (χ0v) is 10.6. The Morgan fingerprint density at radius 3 is 1.18 bits per heavy atom. The van der Waals surface area contributed by atoms with Crippen molar-refractivity contribution in [3.05, 3.63) is 10.1 Å². The number of carbonyl (C=O) groups excluding carboxylic acids is 4. The van der Waals surface area contributed by atoms with Gasteiger partial charge in [-0.25, -0.2) is 0 Å². The van der Waals surface area contributed by atoms with E-state index in [1.165, 1.54) is 0 Å². The van der Waals surface area contributed by atoms with Crippen LogP contribution >= 0.6 is 6.83 Å². The van der Waals surface area contributed by atoms with Gasteiger partial charge in [-0.1, -0.05) is 0 Å². The Hall–Kier alpha value is -1.69. The van der Waals surface area contributed by atoms with Crippen LogP contribution in [0.3, 0.4) is 0 Å². The molecule has 0 spiro atoms. The molecule has 0 aromatic rings. The number of nitrogens with zero attached hydrogens (tertiary/aromatic N) is 1. The zero-order chi connectivity index (χ0) is 14.0. The first-order valence-electron chi connectivity index (χ1n) is 4.44. The monoisotopic (exact) mass is 265 g/mol. The standard InChI is InChI=1S/C8H12NO7P/c1-5(10)17(6(2)11,7(3)12,8(4)13)16-9(14)15/h1-4H3. The van der Waals surface area contributed by atoms with Crippen molar-refractivity contribution >= 4 is 28.9 Å². The van der Waals surface area contributed by atoms with Gasteiger partial charge in [0.05, 0.1) is 0 Å². The molecule has 0 N–H and O–H groups in total. The van der Waals surface area contributed by atoms with E-state index < -0.39 is 34.0 Å². The van der Waals surface area contributed by atoms with Crippen molar-refractivity contribution in [1.82, 2.24) is 0 Å². The molecule has 0 saturated carbocycles. The van der Waals surface area contributed by atoms with E-state index in [-0.39, 0.29) is 0 Å². The third-order valence-corrected chi connectivity index (χ3v) is 7.90. The molecule has 9 heteroatoms. The number of carbonyl (C=O) groups is 4. The molecule has 0 bridgehead atoms. The van der Waals surface area contributed by atoms with Gasteiger partial charge in [0.25, 0.3) is 0 Å². The molecule has 0 atom stereocenters. The van der Waals surface area contributed by atoms with Crippen LogP contribution in [0.15, 0.2) is 0 Å². The van der Waals surface area contributed by atoms with Gasteiger partial charge in [0.1, 0.15) is 0 Å². The normalized spacial score (nSPS) is 13.1.